The summed E-state index contributed by atoms with van der Waals surface area (Å²) in [7, 11) is 0. The lowest BCUT2D eigenvalue weighted by molar-refractivity contribution is -0.141. The topological polar surface area (TPSA) is 30.0 Å². The molecule has 0 saturated carbocycles. The molecule has 0 unspecified atom stereocenters. The highest BCUT2D eigenvalue weighted by Crippen LogP contribution is 2.27. The Morgan fingerprint density at radius 3 is 2.71 bits per heavy atom. The number of aldehydes is 1. The molecular formula is C9H4F3NO. The Bertz CT molecular complexity index is 400. The second-order valence-corrected chi connectivity index (χ2v) is 2.31. The second-order valence-electron chi connectivity index (χ2n) is 2.31. The van der Waals surface area contributed by atoms with Gasteiger partial charge in [-0.1, -0.05) is 5.92 Å². The average molecular weight is 199 g/mol. The van der Waals surface area contributed by atoms with Crippen LogP contribution in [0.4, 0.5) is 13.2 Å². The maximum atomic E-state index is 12.1. The van der Waals surface area contributed by atoms with Crippen LogP contribution >= 0.6 is 0 Å². The van der Waals surface area contributed by atoms with Gasteiger partial charge in [0.15, 0.2) is 6.29 Å². The quantitative estimate of drug-likeness (QED) is 0.469. The number of carbonyl (C=O) groups excluding carboxylic acids is 1. The van der Waals surface area contributed by atoms with Gasteiger partial charge in [0, 0.05) is 11.8 Å². The highest BCUT2D eigenvalue weighted by atomic mass is 19.4. The maximum Gasteiger partial charge on any atom is 0.433 e. The monoisotopic (exact) mass is 199 g/mol. The van der Waals surface area contributed by atoms with Gasteiger partial charge in [0.05, 0.1) is 0 Å². The summed E-state index contributed by atoms with van der Waals surface area (Å²) >= 11 is 0. The molecule has 0 amide bonds. The maximum absolute atomic E-state index is 12.1. The van der Waals surface area contributed by atoms with Crippen molar-refractivity contribution in [2.45, 2.75) is 6.18 Å². The van der Waals surface area contributed by atoms with Gasteiger partial charge in [0.25, 0.3) is 0 Å². The summed E-state index contributed by atoms with van der Waals surface area (Å²) in [6.45, 7) is 0. The van der Waals surface area contributed by atoms with Crippen molar-refractivity contribution in [3.05, 3.63) is 29.6 Å². The second kappa shape index (κ2) is 3.92. The van der Waals surface area contributed by atoms with Gasteiger partial charge in [0.2, 0.25) is 0 Å². The van der Waals surface area contributed by atoms with E-state index in [4.69, 9.17) is 0 Å². The van der Waals surface area contributed by atoms with Crippen LogP contribution in [0, 0.1) is 11.8 Å². The van der Waals surface area contributed by atoms with Crippen molar-refractivity contribution in [1.82, 2.24) is 4.98 Å². The number of rotatable bonds is 0. The van der Waals surface area contributed by atoms with E-state index in [2.05, 4.69) is 10.9 Å². The van der Waals surface area contributed by atoms with Gasteiger partial charge in [-0.25, -0.2) is 0 Å². The van der Waals surface area contributed by atoms with E-state index in [9.17, 15) is 18.0 Å². The molecule has 1 aromatic rings. The van der Waals surface area contributed by atoms with Crippen LogP contribution in [0.2, 0.25) is 0 Å². The molecule has 1 heterocycles. The third-order valence-electron chi connectivity index (χ3n) is 1.33. The van der Waals surface area contributed by atoms with E-state index in [1.807, 2.05) is 5.92 Å². The minimum atomic E-state index is -4.49. The zero-order valence-electron chi connectivity index (χ0n) is 6.80. The number of carbonyl (C=O) groups is 1. The minimum Gasteiger partial charge on any atom is -0.289 e. The van der Waals surface area contributed by atoms with Crippen LogP contribution in [-0.2, 0) is 11.0 Å². The summed E-state index contributed by atoms with van der Waals surface area (Å²) in [5, 5.41) is 0. The van der Waals surface area contributed by atoms with Crippen molar-refractivity contribution in [2.24, 2.45) is 0 Å². The Morgan fingerprint density at radius 2 is 2.14 bits per heavy atom. The number of nitrogens with zero attached hydrogens (tertiary/aromatic N) is 1. The van der Waals surface area contributed by atoms with Crippen LogP contribution < -0.4 is 0 Å². The molecular weight excluding hydrogens is 195 g/mol. The lowest BCUT2D eigenvalue weighted by atomic mass is 10.2. The Labute approximate surface area is 77.8 Å². The molecule has 0 radical (unpaired) electrons. The number of alkyl halides is 3. The van der Waals surface area contributed by atoms with Crippen LogP contribution in [-0.4, -0.2) is 11.3 Å². The first kappa shape index (κ1) is 10.3. The number of halogens is 3. The summed E-state index contributed by atoms with van der Waals surface area (Å²) in [6.07, 6.45) is -3.18. The molecule has 5 heteroatoms. The number of pyridine rings is 1. The van der Waals surface area contributed by atoms with Crippen molar-refractivity contribution in [3.8, 4) is 11.8 Å². The number of hydrogen-bond donors (Lipinski definition) is 0. The van der Waals surface area contributed by atoms with Crippen LogP contribution in [0.25, 0.3) is 0 Å². The van der Waals surface area contributed by atoms with Gasteiger partial charge >= 0.3 is 6.18 Å². The first-order chi connectivity index (χ1) is 6.54. The van der Waals surface area contributed by atoms with Crippen molar-refractivity contribution < 1.29 is 18.0 Å². The molecule has 0 aromatic carbocycles. The molecule has 0 spiro atoms. The molecule has 0 fully saturated rings. The normalized spacial score (nSPS) is 10.2. The summed E-state index contributed by atoms with van der Waals surface area (Å²) < 4.78 is 36.3. The third kappa shape index (κ3) is 2.59. The van der Waals surface area contributed by atoms with Crippen molar-refractivity contribution in [1.29, 1.82) is 0 Å². The van der Waals surface area contributed by atoms with Crippen LogP contribution in [0.1, 0.15) is 11.3 Å². The first-order valence-electron chi connectivity index (χ1n) is 3.52. The lowest BCUT2D eigenvalue weighted by Gasteiger charge is -2.04. The van der Waals surface area contributed by atoms with E-state index in [1.54, 1.807) is 0 Å². The fourth-order valence-electron chi connectivity index (χ4n) is 0.776. The molecule has 2 nitrogen and oxygen atoms in total. The predicted octanol–water partition coefficient (Wildman–Crippen LogP) is 1.65. The molecule has 1 rings (SSSR count). The largest absolute Gasteiger partial charge is 0.433 e. The fourth-order valence-corrected chi connectivity index (χ4v) is 0.776. The standard InChI is InChI=1S/C9H4F3NO/c10-9(11,12)8-6-7(2-1-5-14)3-4-13-8/h3-6H. The summed E-state index contributed by atoms with van der Waals surface area (Å²) in [5.41, 5.74) is -0.908. The summed E-state index contributed by atoms with van der Waals surface area (Å²) in [4.78, 5) is 13.0. The van der Waals surface area contributed by atoms with Gasteiger partial charge in [0.1, 0.15) is 5.69 Å². The first-order valence-corrected chi connectivity index (χ1v) is 3.52. The Kier molecular flexibility index (Phi) is 2.87. The Morgan fingerprint density at radius 1 is 1.43 bits per heavy atom. The minimum absolute atomic E-state index is 0.111. The number of hydrogen-bond acceptors (Lipinski definition) is 2. The Balaban J connectivity index is 3.07. The van der Waals surface area contributed by atoms with Gasteiger partial charge < -0.3 is 0 Å². The lowest BCUT2D eigenvalue weighted by Crippen LogP contribution is -2.07. The van der Waals surface area contributed by atoms with Crippen molar-refractivity contribution in [2.75, 3.05) is 0 Å². The van der Waals surface area contributed by atoms with E-state index < -0.39 is 11.9 Å². The van der Waals surface area contributed by atoms with Gasteiger partial charge in [-0.3, -0.25) is 9.78 Å². The fraction of sp³-hybridized carbons (Fsp3) is 0.111. The predicted molar refractivity (Wildman–Crippen MR) is 42.2 cm³/mol. The van der Waals surface area contributed by atoms with Crippen LogP contribution in [0.3, 0.4) is 0 Å². The van der Waals surface area contributed by atoms with E-state index in [-0.39, 0.29) is 5.56 Å². The van der Waals surface area contributed by atoms with Crippen molar-refractivity contribution >= 4 is 6.29 Å². The molecule has 0 aliphatic carbocycles. The number of aromatic nitrogens is 1. The highest BCUT2D eigenvalue weighted by Gasteiger charge is 2.32. The van der Waals surface area contributed by atoms with Gasteiger partial charge in [-0.05, 0) is 18.1 Å². The van der Waals surface area contributed by atoms with Crippen LogP contribution in [0.15, 0.2) is 18.3 Å². The van der Waals surface area contributed by atoms with Crippen molar-refractivity contribution in [3.63, 3.8) is 0 Å². The smallest absolute Gasteiger partial charge is 0.289 e. The average Bonchev–Trinajstić information content (AvgIpc) is 2.14. The SMILES string of the molecule is O=CC#Cc1ccnc(C(F)(F)F)c1. The molecule has 0 atom stereocenters. The van der Waals surface area contributed by atoms with E-state index in [0.717, 1.165) is 12.3 Å². The zero-order valence-corrected chi connectivity index (χ0v) is 6.80. The highest BCUT2D eigenvalue weighted by molar-refractivity contribution is 5.73. The zero-order chi connectivity index (χ0) is 10.6. The third-order valence-corrected chi connectivity index (χ3v) is 1.33. The van der Waals surface area contributed by atoms with E-state index in [1.165, 1.54) is 6.07 Å². The summed E-state index contributed by atoms with van der Waals surface area (Å²) in [5.74, 6) is 4.27. The molecule has 14 heavy (non-hydrogen) atoms. The molecule has 0 bridgehead atoms. The van der Waals surface area contributed by atoms with Crippen LogP contribution in [0.5, 0.6) is 0 Å². The van der Waals surface area contributed by atoms with E-state index in [0.29, 0.717) is 6.29 Å². The molecule has 0 aliphatic heterocycles. The molecule has 72 valence electrons. The summed E-state index contributed by atoms with van der Waals surface area (Å²) in [6, 6.07) is 2.09. The molecule has 1 aromatic heterocycles. The van der Waals surface area contributed by atoms with Gasteiger partial charge in [-0.2, -0.15) is 13.2 Å². The Hall–Kier alpha value is -1.83. The van der Waals surface area contributed by atoms with Gasteiger partial charge in [-0.15, -0.1) is 0 Å². The van der Waals surface area contributed by atoms with E-state index >= 15 is 0 Å². The molecule has 0 aliphatic rings. The molecule has 0 saturated heterocycles. The molecule has 0 N–H and O–H groups in total.